The minimum Gasteiger partial charge on any atom is -0.444 e. The monoisotopic (exact) mass is 297 g/mol. The van der Waals surface area contributed by atoms with Gasteiger partial charge in [-0.15, -0.1) is 0 Å². The van der Waals surface area contributed by atoms with Crippen molar-refractivity contribution in [2.75, 3.05) is 32.7 Å². The first-order valence-corrected chi connectivity index (χ1v) is 8.31. The molecular formula is C16H31N3O2. The number of hydrogen-bond donors (Lipinski definition) is 1. The zero-order valence-corrected chi connectivity index (χ0v) is 13.8. The van der Waals surface area contributed by atoms with Crippen molar-refractivity contribution in [2.45, 2.75) is 58.1 Å². The number of nitrogens with zero attached hydrogens (tertiary/aromatic N) is 2. The predicted octanol–water partition coefficient (Wildman–Crippen LogP) is 2.06. The molecule has 0 aromatic rings. The Hall–Kier alpha value is -0.810. The molecule has 0 aliphatic carbocycles. The van der Waals surface area contributed by atoms with Gasteiger partial charge >= 0.3 is 6.09 Å². The molecule has 2 heterocycles. The van der Waals surface area contributed by atoms with Crippen LogP contribution in [0.2, 0.25) is 0 Å². The average molecular weight is 297 g/mol. The van der Waals surface area contributed by atoms with Crippen LogP contribution in [0.15, 0.2) is 0 Å². The van der Waals surface area contributed by atoms with Crippen molar-refractivity contribution in [3.8, 4) is 0 Å². The van der Waals surface area contributed by atoms with E-state index in [-0.39, 0.29) is 6.09 Å². The Morgan fingerprint density at radius 1 is 1.19 bits per heavy atom. The summed E-state index contributed by atoms with van der Waals surface area (Å²) in [6.45, 7) is 10.5. The third-order valence-electron chi connectivity index (χ3n) is 4.56. The summed E-state index contributed by atoms with van der Waals surface area (Å²) < 4.78 is 5.46. The van der Waals surface area contributed by atoms with E-state index < -0.39 is 5.60 Å². The molecule has 2 saturated heterocycles. The van der Waals surface area contributed by atoms with Crippen LogP contribution in [-0.4, -0.2) is 60.3 Å². The van der Waals surface area contributed by atoms with Gasteiger partial charge in [0.25, 0.3) is 0 Å². The second kappa shape index (κ2) is 6.97. The van der Waals surface area contributed by atoms with Gasteiger partial charge in [0.15, 0.2) is 0 Å². The van der Waals surface area contributed by atoms with E-state index in [4.69, 9.17) is 10.5 Å². The van der Waals surface area contributed by atoms with E-state index in [2.05, 4.69) is 4.90 Å². The van der Waals surface area contributed by atoms with Crippen LogP contribution < -0.4 is 5.73 Å². The summed E-state index contributed by atoms with van der Waals surface area (Å²) in [7, 11) is 0. The molecule has 5 heteroatoms. The number of nitrogens with two attached hydrogens (primary N) is 1. The zero-order valence-electron chi connectivity index (χ0n) is 13.8. The van der Waals surface area contributed by atoms with Gasteiger partial charge in [-0.2, -0.15) is 0 Å². The molecule has 1 unspecified atom stereocenters. The Balaban J connectivity index is 1.77. The van der Waals surface area contributed by atoms with Gasteiger partial charge in [0.2, 0.25) is 0 Å². The number of likely N-dealkylation sites (tertiary alicyclic amines) is 2. The van der Waals surface area contributed by atoms with Crippen LogP contribution in [0.5, 0.6) is 0 Å². The van der Waals surface area contributed by atoms with Crippen molar-refractivity contribution in [3.05, 3.63) is 0 Å². The maximum atomic E-state index is 12.1. The van der Waals surface area contributed by atoms with Gasteiger partial charge in [0.05, 0.1) is 0 Å². The van der Waals surface area contributed by atoms with Gasteiger partial charge in [0, 0.05) is 19.1 Å². The molecule has 0 saturated carbocycles. The van der Waals surface area contributed by atoms with E-state index in [1.54, 1.807) is 0 Å². The first-order chi connectivity index (χ1) is 9.89. The van der Waals surface area contributed by atoms with E-state index in [9.17, 15) is 4.79 Å². The molecule has 5 nitrogen and oxygen atoms in total. The molecule has 2 N–H and O–H groups in total. The average Bonchev–Trinajstić information content (AvgIpc) is 2.88. The van der Waals surface area contributed by atoms with Crippen LogP contribution in [-0.2, 0) is 4.74 Å². The van der Waals surface area contributed by atoms with Gasteiger partial charge in [-0.25, -0.2) is 4.79 Å². The Morgan fingerprint density at radius 3 is 2.43 bits per heavy atom. The number of amides is 1. The first-order valence-electron chi connectivity index (χ1n) is 8.31. The van der Waals surface area contributed by atoms with Crippen molar-refractivity contribution in [1.29, 1.82) is 0 Å². The molecule has 1 atom stereocenters. The quantitative estimate of drug-likeness (QED) is 0.866. The molecule has 2 fully saturated rings. The molecule has 1 amide bonds. The Morgan fingerprint density at radius 2 is 1.86 bits per heavy atom. The second-order valence-electron chi connectivity index (χ2n) is 7.43. The van der Waals surface area contributed by atoms with Gasteiger partial charge in [-0.3, -0.25) is 4.90 Å². The molecule has 0 spiro atoms. The number of hydrogen-bond acceptors (Lipinski definition) is 4. The zero-order chi connectivity index (χ0) is 15.5. The van der Waals surface area contributed by atoms with Crippen molar-refractivity contribution in [3.63, 3.8) is 0 Å². The third kappa shape index (κ3) is 4.85. The highest BCUT2D eigenvalue weighted by molar-refractivity contribution is 5.68. The van der Waals surface area contributed by atoms with E-state index in [0.29, 0.717) is 6.04 Å². The summed E-state index contributed by atoms with van der Waals surface area (Å²) in [6.07, 6.45) is 4.56. The maximum absolute atomic E-state index is 12.1. The third-order valence-corrected chi connectivity index (χ3v) is 4.56. The van der Waals surface area contributed by atoms with Crippen molar-refractivity contribution in [1.82, 2.24) is 9.80 Å². The normalized spacial score (nSPS) is 25.3. The van der Waals surface area contributed by atoms with Crippen molar-refractivity contribution >= 4 is 6.09 Å². The van der Waals surface area contributed by atoms with Gasteiger partial charge in [0.1, 0.15) is 5.60 Å². The maximum Gasteiger partial charge on any atom is 0.410 e. The minimum atomic E-state index is -0.407. The number of carbonyl (C=O) groups is 1. The van der Waals surface area contributed by atoms with Crippen LogP contribution in [0.25, 0.3) is 0 Å². The van der Waals surface area contributed by atoms with Gasteiger partial charge < -0.3 is 15.4 Å². The standard InChI is InChI=1S/C16H31N3O2/c1-16(2,3)21-15(20)19-11-7-14(12-19)18-9-5-13(4-8-17)6-10-18/h13-14H,4-12,17H2,1-3H3. The number of carbonyl (C=O) groups excluding carboxylic acids is 1. The van der Waals surface area contributed by atoms with Crippen LogP contribution >= 0.6 is 0 Å². The smallest absolute Gasteiger partial charge is 0.410 e. The number of rotatable bonds is 3. The fraction of sp³-hybridized carbons (Fsp3) is 0.938. The SMILES string of the molecule is CC(C)(C)OC(=O)N1CCC(N2CCC(CCN)CC2)C1. The summed E-state index contributed by atoms with van der Waals surface area (Å²) in [6, 6.07) is 0.511. The Kier molecular flexibility index (Phi) is 5.49. The largest absolute Gasteiger partial charge is 0.444 e. The lowest BCUT2D eigenvalue weighted by Crippen LogP contribution is -2.44. The van der Waals surface area contributed by atoms with E-state index in [1.165, 1.54) is 12.8 Å². The molecule has 0 bridgehead atoms. The lowest BCUT2D eigenvalue weighted by atomic mass is 9.92. The summed E-state index contributed by atoms with van der Waals surface area (Å²) in [5.41, 5.74) is 5.24. The fourth-order valence-corrected chi connectivity index (χ4v) is 3.37. The summed E-state index contributed by atoms with van der Waals surface area (Å²) in [4.78, 5) is 16.5. The van der Waals surface area contributed by atoms with Crippen LogP contribution in [0.1, 0.15) is 46.5 Å². The highest BCUT2D eigenvalue weighted by atomic mass is 16.6. The first kappa shape index (κ1) is 16.6. The molecule has 2 rings (SSSR count). The lowest BCUT2D eigenvalue weighted by Gasteiger charge is -2.36. The molecule has 0 aromatic heterocycles. The van der Waals surface area contributed by atoms with Crippen LogP contribution in [0.3, 0.4) is 0 Å². The molecule has 2 aliphatic heterocycles. The number of ether oxygens (including phenoxy) is 1. The lowest BCUT2D eigenvalue weighted by molar-refractivity contribution is 0.0274. The minimum absolute atomic E-state index is 0.164. The van der Waals surface area contributed by atoms with E-state index in [0.717, 1.165) is 51.5 Å². The van der Waals surface area contributed by atoms with Crippen LogP contribution in [0.4, 0.5) is 4.79 Å². The van der Waals surface area contributed by atoms with Gasteiger partial charge in [-0.05, 0) is 72.0 Å². The van der Waals surface area contributed by atoms with Crippen LogP contribution in [0, 0.1) is 5.92 Å². The van der Waals surface area contributed by atoms with E-state index >= 15 is 0 Å². The predicted molar refractivity (Wildman–Crippen MR) is 84.2 cm³/mol. The molecular weight excluding hydrogens is 266 g/mol. The Labute approximate surface area is 128 Å². The highest BCUT2D eigenvalue weighted by Crippen LogP contribution is 2.25. The molecule has 21 heavy (non-hydrogen) atoms. The summed E-state index contributed by atoms with van der Waals surface area (Å²) in [5, 5.41) is 0. The van der Waals surface area contributed by atoms with E-state index in [1.807, 2.05) is 25.7 Å². The second-order valence-corrected chi connectivity index (χ2v) is 7.43. The summed E-state index contributed by atoms with van der Waals surface area (Å²) >= 11 is 0. The molecule has 0 radical (unpaired) electrons. The van der Waals surface area contributed by atoms with Crippen molar-refractivity contribution in [2.24, 2.45) is 11.7 Å². The Bertz CT molecular complexity index is 346. The highest BCUT2D eigenvalue weighted by Gasteiger charge is 2.34. The molecule has 122 valence electrons. The molecule has 2 aliphatic rings. The summed E-state index contributed by atoms with van der Waals surface area (Å²) in [5.74, 6) is 0.801. The van der Waals surface area contributed by atoms with Crippen molar-refractivity contribution < 1.29 is 9.53 Å². The topological polar surface area (TPSA) is 58.8 Å². The number of piperidine rings is 1. The fourth-order valence-electron chi connectivity index (χ4n) is 3.37. The van der Waals surface area contributed by atoms with Gasteiger partial charge in [-0.1, -0.05) is 0 Å². The molecule has 0 aromatic carbocycles.